The van der Waals surface area contributed by atoms with Gasteiger partial charge in [-0.25, -0.2) is 9.36 Å². The Morgan fingerprint density at radius 2 is 2.44 bits per heavy atom. The van der Waals surface area contributed by atoms with Crippen LogP contribution < -0.4 is 5.43 Å². The molecule has 1 aliphatic rings. The van der Waals surface area contributed by atoms with E-state index in [4.69, 9.17) is 0 Å². The van der Waals surface area contributed by atoms with Gasteiger partial charge in [0.15, 0.2) is 5.82 Å². The van der Waals surface area contributed by atoms with Crippen LogP contribution in [0.4, 0.5) is 0 Å². The summed E-state index contributed by atoms with van der Waals surface area (Å²) in [5.74, 6) is 0.876. The van der Waals surface area contributed by atoms with Crippen LogP contribution in [0.2, 0.25) is 0 Å². The molecule has 0 saturated carbocycles. The van der Waals surface area contributed by atoms with Crippen molar-refractivity contribution in [3.63, 3.8) is 0 Å². The number of thioether (sulfide) groups is 1. The van der Waals surface area contributed by atoms with E-state index in [0.717, 1.165) is 0 Å². The van der Waals surface area contributed by atoms with E-state index in [9.17, 15) is 4.79 Å². The minimum Gasteiger partial charge on any atom is -0.272 e. The van der Waals surface area contributed by atoms with Gasteiger partial charge in [0.05, 0.1) is 5.75 Å². The first-order valence-electron chi connectivity index (χ1n) is 4.40. The molecule has 16 heavy (non-hydrogen) atoms. The quantitative estimate of drug-likeness (QED) is 0.678. The Morgan fingerprint density at radius 1 is 1.50 bits per heavy atom. The smallest absolute Gasteiger partial charge is 0.249 e. The molecule has 0 aromatic carbocycles. The van der Waals surface area contributed by atoms with Crippen LogP contribution in [0.3, 0.4) is 0 Å². The van der Waals surface area contributed by atoms with Gasteiger partial charge in [0.2, 0.25) is 11.1 Å². The van der Waals surface area contributed by atoms with E-state index in [1.165, 1.54) is 22.8 Å². The van der Waals surface area contributed by atoms with Crippen molar-refractivity contribution in [3.8, 4) is 0 Å². The summed E-state index contributed by atoms with van der Waals surface area (Å²) in [7, 11) is 0. The zero-order valence-corrected chi connectivity index (χ0v) is 8.76. The fraction of sp³-hybridized carbons (Fsp3) is 0.333. The van der Waals surface area contributed by atoms with Gasteiger partial charge in [-0.2, -0.15) is 0 Å². The standard InChI is InChI=1S/C6H6N8OS/c15-5-2-16-6-9-8-4(14(6)10-5)1-13-3-7-11-12-13/h3H,1-2H2,(H,10,15). The maximum absolute atomic E-state index is 11.2. The van der Waals surface area contributed by atoms with Crippen LogP contribution in [0.5, 0.6) is 0 Å². The average Bonchev–Trinajstić information content (AvgIpc) is 2.90. The lowest BCUT2D eigenvalue weighted by Gasteiger charge is -2.14. The number of hydrogen-bond acceptors (Lipinski definition) is 7. The first kappa shape index (κ1) is 9.27. The van der Waals surface area contributed by atoms with Gasteiger partial charge in [0, 0.05) is 0 Å². The molecule has 2 aromatic heterocycles. The summed E-state index contributed by atoms with van der Waals surface area (Å²) in [4.78, 5) is 11.2. The number of tetrazole rings is 1. The topological polar surface area (TPSA) is 103 Å². The summed E-state index contributed by atoms with van der Waals surface area (Å²) < 4.78 is 3.06. The highest BCUT2D eigenvalue weighted by atomic mass is 32.2. The fourth-order valence-corrected chi connectivity index (χ4v) is 2.00. The fourth-order valence-electron chi connectivity index (χ4n) is 1.29. The van der Waals surface area contributed by atoms with Gasteiger partial charge in [-0.1, -0.05) is 11.8 Å². The van der Waals surface area contributed by atoms with Crippen LogP contribution in [0.1, 0.15) is 5.82 Å². The number of carbonyl (C=O) groups excluding carboxylic acids is 1. The molecule has 1 amide bonds. The Morgan fingerprint density at radius 3 is 3.25 bits per heavy atom. The lowest BCUT2D eigenvalue weighted by Crippen LogP contribution is -2.31. The minimum absolute atomic E-state index is 0.0738. The second kappa shape index (κ2) is 3.56. The lowest BCUT2D eigenvalue weighted by molar-refractivity contribution is -0.115. The van der Waals surface area contributed by atoms with E-state index in [-0.39, 0.29) is 5.91 Å². The highest BCUT2D eigenvalue weighted by Gasteiger charge is 2.20. The lowest BCUT2D eigenvalue weighted by atomic mass is 10.6. The van der Waals surface area contributed by atoms with E-state index in [0.29, 0.717) is 23.3 Å². The molecule has 10 heteroatoms. The summed E-state index contributed by atoms with van der Waals surface area (Å²) >= 11 is 1.35. The molecular weight excluding hydrogens is 232 g/mol. The second-order valence-electron chi connectivity index (χ2n) is 3.07. The molecule has 0 unspecified atom stereocenters. The Hall–Kier alpha value is -1.97. The van der Waals surface area contributed by atoms with Gasteiger partial charge in [-0.15, -0.1) is 15.3 Å². The van der Waals surface area contributed by atoms with Crippen molar-refractivity contribution in [2.24, 2.45) is 0 Å². The van der Waals surface area contributed by atoms with E-state index < -0.39 is 0 Å². The van der Waals surface area contributed by atoms with E-state index in [1.54, 1.807) is 4.68 Å². The Balaban J connectivity index is 1.91. The highest BCUT2D eigenvalue weighted by molar-refractivity contribution is 7.99. The Kier molecular flexibility index (Phi) is 2.06. The normalized spacial score (nSPS) is 14.6. The van der Waals surface area contributed by atoms with Crippen molar-refractivity contribution in [2.75, 3.05) is 11.2 Å². The molecule has 1 N–H and O–H groups in total. The Bertz CT molecular complexity index is 519. The molecule has 3 heterocycles. The first-order valence-corrected chi connectivity index (χ1v) is 5.39. The third kappa shape index (κ3) is 1.52. The van der Waals surface area contributed by atoms with Crippen LogP contribution in [0, 0.1) is 0 Å². The predicted octanol–water partition coefficient (Wildman–Crippen LogP) is -1.51. The molecule has 0 aliphatic carbocycles. The van der Waals surface area contributed by atoms with Crippen molar-refractivity contribution in [2.45, 2.75) is 11.7 Å². The molecule has 0 fully saturated rings. The van der Waals surface area contributed by atoms with E-state index in [2.05, 4.69) is 31.1 Å². The van der Waals surface area contributed by atoms with Gasteiger partial charge in [-0.05, 0) is 10.4 Å². The van der Waals surface area contributed by atoms with Gasteiger partial charge < -0.3 is 0 Å². The van der Waals surface area contributed by atoms with Gasteiger partial charge in [0.1, 0.15) is 12.9 Å². The van der Waals surface area contributed by atoms with Crippen molar-refractivity contribution in [1.82, 2.24) is 35.1 Å². The zero-order chi connectivity index (χ0) is 11.0. The van der Waals surface area contributed by atoms with Gasteiger partial charge in [0.25, 0.3) is 0 Å². The van der Waals surface area contributed by atoms with Gasteiger partial charge >= 0.3 is 0 Å². The highest BCUT2D eigenvalue weighted by Crippen LogP contribution is 2.19. The first-order chi connectivity index (χ1) is 7.83. The molecule has 0 saturated heterocycles. The van der Waals surface area contributed by atoms with Crippen LogP contribution in [-0.2, 0) is 11.3 Å². The maximum atomic E-state index is 11.2. The van der Waals surface area contributed by atoms with Crippen LogP contribution in [0.25, 0.3) is 0 Å². The Labute approximate surface area is 93.2 Å². The largest absolute Gasteiger partial charge is 0.272 e. The number of nitrogens with one attached hydrogen (secondary N) is 1. The number of aromatic nitrogens is 7. The SMILES string of the molecule is O=C1CSc2nnc(Cn3cnnn3)n2N1. The molecule has 82 valence electrons. The number of fused-ring (bicyclic) bond motifs is 1. The molecule has 2 aromatic rings. The molecular formula is C6H6N8OS. The molecule has 3 rings (SSSR count). The second-order valence-corrected chi connectivity index (χ2v) is 4.01. The number of amides is 1. The summed E-state index contributed by atoms with van der Waals surface area (Å²) in [5.41, 5.74) is 2.67. The maximum Gasteiger partial charge on any atom is 0.249 e. The summed E-state index contributed by atoms with van der Waals surface area (Å²) in [6, 6.07) is 0. The van der Waals surface area contributed by atoms with Crippen molar-refractivity contribution in [1.29, 1.82) is 0 Å². The molecule has 0 radical (unpaired) electrons. The minimum atomic E-state index is -0.0738. The molecule has 0 atom stereocenters. The zero-order valence-electron chi connectivity index (χ0n) is 7.94. The number of nitrogens with zero attached hydrogens (tertiary/aromatic N) is 7. The average molecular weight is 238 g/mol. The van der Waals surface area contributed by atoms with Crippen LogP contribution in [0.15, 0.2) is 11.5 Å². The number of hydrogen-bond donors (Lipinski definition) is 1. The third-order valence-corrected chi connectivity index (χ3v) is 2.89. The van der Waals surface area contributed by atoms with E-state index >= 15 is 0 Å². The molecule has 1 aliphatic heterocycles. The van der Waals surface area contributed by atoms with Gasteiger partial charge in [-0.3, -0.25) is 10.2 Å². The van der Waals surface area contributed by atoms with Crippen LogP contribution in [-0.4, -0.2) is 46.7 Å². The third-order valence-electron chi connectivity index (χ3n) is 1.96. The molecule has 0 spiro atoms. The number of carbonyl (C=O) groups is 1. The van der Waals surface area contributed by atoms with Crippen molar-refractivity contribution < 1.29 is 4.79 Å². The van der Waals surface area contributed by atoms with Crippen LogP contribution >= 0.6 is 11.8 Å². The predicted molar refractivity (Wildman–Crippen MR) is 52.0 cm³/mol. The summed E-state index contributed by atoms with van der Waals surface area (Å²) in [6.45, 7) is 0.362. The molecule has 9 nitrogen and oxygen atoms in total. The summed E-state index contributed by atoms with van der Waals surface area (Å²) in [6.07, 6.45) is 1.47. The van der Waals surface area contributed by atoms with E-state index in [1.807, 2.05) is 0 Å². The molecule has 0 bridgehead atoms. The van der Waals surface area contributed by atoms with Crippen molar-refractivity contribution in [3.05, 3.63) is 12.2 Å². The van der Waals surface area contributed by atoms with Crippen molar-refractivity contribution >= 4 is 17.7 Å². The summed E-state index contributed by atoms with van der Waals surface area (Å²) in [5, 5.41) is 19.3. The number of rotatable bonds is 2. The monoisotopic (exact) mass is 238 g/mol.